The number of nitrogens with one attached hydrogen (secondary N) is 1. The molecule has 0 aliphatic rings. The number of phenolic OH excluding ortho intramolecular Hbond substituents is 1. The maximum absolute atomic E-state index is 10.9. The van der Waals surface area contributed by atoms with Crippen molar-refractivity contribution in [3.8, 4) is 5.75 Å². The Hall–Kier alpha value is -3.22. The molecule has 2 N–H and O–H groups in total. The second kappa shape index (κ2) is 6.49. The molecule has 7 nitrogen and oxygen atoms in total. The van der Waals surface area contributed by atoms with Crippen LogP contribution in [0.4, 0.5) is 17.1 Å². The van der Waals surface area contributed by atoms with Crippen LogP contribution in [-0.2, 0) is 4.79 Å². The van der Waals surface area contributed by atoms with E-state index < -0.39 is 4.92 Å². The molecule has 2 aromatic rings. The molecular formula is C15H13N3O4. The maximum Gasteiger partial charge on any atom is 0.311 e. The van der Waals surface area contributed by atoms with E-state index in [1.807, 2.05) is 0 Å². The molecule has 0 fully saturated rings. The van der Waals surface area contributed by atoms with E-state index in [0.717, 1.165) is 0 Å². The number of hydrogen-bond donors (Lipinski definition) is 2. The van der Waals surface area contributed by atoms with Gasteiger partial charge in [0.15, 0.2) is 5.75 Å². The number of anilines is 1. The van der Waals surface area contributed by atoms with Gasteiger partial charge in [0.1, 0.15) is 0 Å². The first-order valence-electron chi connectivity index (χ1n) is 6.35. The summed E-state index contributed by atoms with van der Waals surface area (Å²) in [5, 5.41) is 22.8. The van der Waals surface area contributed by atoms with Gasteiger partial charge >= 0.3 is 5.69 Å². The number of hydrogen-bond acceptors (Lipinski definition) is 5. The van der Waals surface area contributed by atoms with Gasteiger partial charge in [0.25, 0.3) is 0 Å². The number of carbonyl (C=O) groups is 1. The molecule has 112 valence electrons. The zero-order valence-electron chi connectivity index (χ0n) is 11.7. The average molecular weight is 299 g/mol. The smallest absolute Gasteiger partial charge is 0.311 e. The molecule has 7 heteroatoms. The lowest BCUT2D eigenvalue weighted by molar-refractivity contribution is -0.385. The van der Waals surface area contributed by atoms with E-state index in [9.17, 15) is 20.0 Å². The van der Waals surface area contributed by atoms with Crippen LogP contribution in [0.25, 0.3) is 0 Å². The minimum atomic E-state index is -0.658. The van der Waals surface area contributed by atoms with Crippen molar-refractivity contribution in [2.24, 2.45) is 4.99 Å². The van der Waals surface area contributed by atoms with Gasteiger partial charge in [-0.1, -0.05) is 0 Å². The zero-order valence-corrected chi connectivity index (χ0v) is 11.7. The molecule has 0 atom stereocenters. The van der Waals surface area contributed by atoms with Gasteiger partial charge in [-0.05, 0) is 42.0 Å². The van der Waals surface area contributed by atoms with E-state index in [1.54, 1.807) is 24.3 Å². The van der Waals surface area contributed by atoms with E-state index in [1.165, 1.54) is 31.3 Å². The summed E-state index contributed by atoms with van der Waals surface area (Å²) in [5.74, 6) is -0.547. The van der Waals surface area contributed by atoms with Gasteiger partial charge in [-0.2, -0.15) is 0 Å². The largest absolute Gasteiger partial charge is 0.502 e. The second-order valence-corrected chi connectivity index (χ2v) is 4.49. The second-order valence-electron chi connectivity index (χ2n) is 4.49. The van der Waals surface area contributed by atoms with Gasteiger partial charge < -0.3 is 10.4 Å². The van der Waals surface area contributed by atoms with Crippen molar-refractivity contribution in [3.63, 3.8) is 0 Å². The number of nitrogens with zero attached hydrogens (tertiary/aromatic N) is 2. The maximum atomic E-state index is 10.9. The Labute approximate surface area is 126 Å². The van der Waals surface area contributed by atoms with Crippen molar-refractivity contribution >= 4 is 29.2 Å². The molecule has 0 saturated carbocycles. The number of aromatic hydroxyl groups is 1. The standard InChI is InChI=1S/C15H13N3O4/c1-10(19)17-13-5-3-12(4-6-13)16-9-11-2-7-15(20)14(8-11)18(21)22/h2-9,20H,1H3,(H,17,19). The van der Waals surface area contributed by atoms with Crippen molar-refractivity contribution in [2.45, 2.75) is 6.92 Å². The third-order valence-electron chi connectivity index (χ3n) is 2.75. The SMILES string of the molecule is CC(=O)Nc1ccc(N=Cc2ccc(O)c([N+](=O)[O-])c2)cc1. The predicted molar refractivity (Wildman–Crippen MR) is 82.8 cm³/mol. The Morgan fingerprint density at radius 3 is 2.55 bits per heavy atom. The van der Waals surface area contributed by atoms with Crippen molar-refractivity contribution in [3.05, 3.63) is 58.1 Å². The van der Waals surface area contributed by atoms with Crippen molar-refractivity contribution in [2.75, 3.05) is 5.32 Å². The van der Waals surface area contributed by atoms with Crippen LogP contribution >= 0.6 is 0 Å². The van der Waals surface area contributed by atoms with Crippen LogP contribution in [-0.4, -0.2) is 22.2 Å². The molecule has 0 radical (unpaired) electrons. The molecule has 0 aliphatic carbocycles. The number of carbonyl (C=O) groups excluding carboxylic acids is 1. The number of nitro groups is 1. The Kier molecular flexibility index (Phi) is 4.47. The van der Waals surface area contributed by atoms with Gasteiger partial charge in [0.05, 0.1) is 10.6 Å². The highest BCUT2D eigenvalue weighted by Crippen LogP contribution is 2.26. The van der Waals surface area contributed by atoms with Crippen LogP contribution in [0.1, 0.15) is 12.5 Å². The minimum Gasteiger partial charge on any atom is -0.502 e. The lowest BCUT2D eigenvalue weighted by Crippen LogP contribution is -2.04. The Balaban J connectivity index is 2.16. The quantitative estimate of drug-likeness (QED) is 0.514. The highest BCUT2D eigenvalue weighted by atomic mass is 16.6. The number of phenols is 1. The molecule has 0 saturated heterocycles. The molecule has 0 heterocycles. The van der Waals surface area contributed by atoms with Crippen LogP contribution in [0, 0.1) is 10.1 Å². The van der Waals surface area contributed by atoms with E-state index >= 15 is 0 Å². The normalized spacial score (nSPS) is 10.6. The molecule has 0 spiro atoms. The fraction of sp³-hybridized carbons (Fsp3) is 0.0667. The third-order valence-corrected chi connectivity index (χ3v) is 2.75. The number of nitro benzene ring substituents is 1. The van der Waals surface area contributed by atoms with Gasteiger partial charge in [-0.25, -0.2) is 0 Å². The molecule has 0 bridgehead atoms. The number of benzene rings is 2. The summed E-state index contributed by atoms with van der Waals surface area (Å²) >= 11 is 0. The van der Waals surface area contributed by atoms with Crippen molar-refractivity contribution in [1.82, 2.24) is 0 Å². The summed E-state index contributed by atoms with van der Waals surface area (Å²) in [6, 6.07) is 10.8. The molecule has 22 heavy (non-hydrogen) atoms. The summed E-state index contributed by atoms with van der Waals surface area (Å²) < 4.78 is 0. The fourth-order valence-corrected chi connectivity index (χ4v) is 1.75. The first-order chi connectivity index (χ1) is 10.5. The number of rotatable bonds is 4. The van der Waals surface area contributed by atoms with Crippen LogP contribution in [0.3, 0.4) is 0 Å². The van der Waals surface area contributed by atoms with E-state index in [2.05, 4.69) is 10.3 Å². The predicted octanol–water partition coefficient (Wildman–Crippen LogP) is 3.01. The Morgan fingerprint density at radius 1 is 1.27 bits per heavy atom. The molecule has 0 aliphatic heterocycles. The zero-order chi connectivity index (χ0) is 16.1. The van der Waals surface area contributed by atoms with Gasteiger partial charge in [-0.3, -0.25) is 19.9 Å². The summed E-state index contributed by atoms with van der Waals surface area (Å²) in [4.78, 5) is 25.2. The van der Waals surface area contributed by atoms with E-state index in [-0.39, 0.29) is 17.3 Å². The van der Waals surface area contributed by atoms with Crippen LogP contribution in [0.15, 0.2) is 47.5 Å². The van der Waals surface area contributed by atoms with Gasteiger partial charge in [0, 0.05) is 24.9 Å². The van der Waals surface area contributed by atoms with E-state index in [4.69, 9.17) is 0 Å². The first kappa shape index (κ1) is 15.2. The molecule has 0 aromatic heterocycles. The van der Waals surface area contributed by atoms with Crippen molar-refractivity contribution in [1.29, 1.82) is 0 Å². The Morgan fingerprint density at radius 2 is 1.95 bits per heavy atom. The minimum absolute atomic E-state index is 0.160. The van der Waals surface area contributed by atoms with Crippen LogP contribution in [0.5, 0.6) is 5.75 Å². The van der Waals surface area contributed by atoms with Crippen molar-refractivity contribution < 1.29 is 14.8 Å². The molecule has 1 amide bonds. The van der Waals surface area contributed by atoms with Gasteiger partial charge in [0.2, 0.25) is 5.91 Å². The fourth-order valence-electron chi connectivity index (χ4n) is 1.75. The van der Waals surface area contributed by atoms with Gasteiger partial charge in [-0.15, -0.1) is 0 Å². The lowest BCUT2D eigenvalue weighted by atomic mass is 10.2. The first-order valence-corrected chi connectivity index (χ1v) is 6.35. The third kappa shape index (κ3) is 3.89. The summed E-state index contributed by atoms with van der Waals surface area (Å²) in [7, 11) is 0. The molecule has 2 rings (SSSR count). The highest BCUT2D eigenvalue weighted by molar-refractivity contribution is 5.89. The van der Waals surface area contributed by atoms with Crippen LogP contribution < -0.4 is 5.32 Å². The summed E-state index contributed by atoms with van der Waals surface area (Å²) in [5.41, 5.74) is 1.41. The lowest BCUT2D eigenvalue weighted by Gasteiger charge is -2.01. The average Bonchev–Trinajstić information content (AvgIpc) is 2.47. The van der Waals surface area contributed by atoms with Crippen LogP contribution in [0.2, 0.25) is 0 Å². The molecule has 0 unspecified atom stereocenters. The summed E-state index contributed by atoms with van der Waals surface area (Å²) in [6.45, 7) is 1.42. The van der Waals surface area contributed by atoms with E-state index in [0.29, 0.717) is 16.9 Å². The summed E-state index contributed by atoms with van der Waals surface area (Å²) in [6.07, 6.45) is 1.46. The number of amides is 1. The monoisotopic (exact) mass is 299 g/mol. The molecular weight excluding hydrogens is 286 g/mol. The highest BCUT2D eigenvalue weighted by Gasteiger charge is 2.12. The number of aliphatic imine (C=N–C) groups is 1. The molecule has 2 aromatic carbocycles. The topological polar surface area (TPSA) is 105 Å². The Bertz CT molecular complexity index is 739.